The Balaban J connectivity index is 2.01. The second-order valence-corrected chi connectivity index (χ2v) is 6.90. The highest BCUT2D eigenvalue weighted by molar-refractivity contribution is 7.12. The zero-order valence-corrected chi connectivity index (χ0v) is 14.1. The molecule has 6 heteroatoms. The van der Waals surface area contributed by atoms with Gasteiger partial charge in [0.25, 0.3) is 0 Å². The van der Waals surface area contributed by atoms with Crippen LogP contribution in [0, 0.1) is 0 Å². The molecule has 1 aliphatic heterocycles. The van der Waals surface area contributed by atoms with Gasteiger partial charge in [-0.05, 0) is 30.2 Å². The normalized spacial score (nSPS) is 19.1. The van der Waals surface area contributed by atoms with Gasteiger partial charge in [0, 0.05) is 22.9 Å². The van der Waals surface area contributed by atoms with Crippen LogP contribution in [0.15, 0.2) is 47.6 Å². The van der Waals surface area contributed by atoms with E-state index in [9.17, 15) is 9.59 Å². The molecular weight excluding hydrogens is 324 g/mol. The zero-order valence-electron chi connectivity index (χ0n) is 13.3. The minimum Gasteiger partial charge on any atom is -0.478 e. The summed E-state index contributed by atoms with van der Waals surface area (Å²) in [6.45, 7) is 4.15. The fraction of sp³-hybridized carbons (Fsp3) is 0.222. The van der Waals surface area contributed by atoms with Crippen LogP contribution in [-0.2, 0) is 5.54 Å². The van der Waals surface area contributed by atoms with Crippen LogP contribution in [0.25, 0.3) is 0 Å². The summed E-state index contributed by atoms with van der Waals surface area (Å²) in [7, 11) is 0. The second kappa shape index (κ2) is 6.13. The predicted molar refractivity (Wildman–Crippen MR) is 93.2 cm³/mol. The van der Waals surface area contributed by atoms with Gasteiger partial charge in [-0.1, -0.05) is 26.0 Å². The molecule has 1 aliphatic rings. The molecule has 0 saturated carbocycles. The number of carboxylic acid groups (broad SMARTS) is 1. The number of hydrogen-bond donors (Lipinski definition) is 1. The van der Waals surface area contributed by atoms with E-state index in [2.05, 4.69) is 23.8 Å². The van der Waals surface area contributed by atoms with E-state index in [0.717, 1.165) is 4.88 Å². The molecule has 3 rings (SSSR count). The van der Waals surface area contributed by atoms with Crippen molar-refractivity contribution in [2.24, 2.45) is 4.99 Å². The van der Waals surface area contributed by atoms with Gasteiger partial charge in [0.2, 0.25) is 5.78 Å². The topological polar surface area (TPSA) is 79.6 Å². The maximum atomic E-state index is 13.1. The number of allylic oxidation sites excluding steroid dienone is 1. The molecule has 24 heavy (non-hydrogen) atoms. The van der Waals surface area contributed by atoms with Crippen molar-refractivity contribution in [3.8, 4) is 0 Å². The highest BCUT2D eigenvalue weighted by atomic mass is 32.1. The van der Waals surface area contributed by atoms with E-state index in [1.165, 1.54) is 35.6 Å². The summed E-state index contributed by atoms with van der Waals surface area (Å²) in [4.78, 5) is 33.9. The molecule has 0 fully saturated rings. The first-order valence-electron chi connectivity index (χ1n) is 7.51. The van der Waals surface area contributed by atoms with Crippen molar-refractivity contribution >= 4 is 29.3 Å². The molecule has 122 valence electrons. The van der Waals surface area contributed by atoms with Gasteiger partial charge in [-0.2, -0.15) is 0 Å². The van der Waals surface area contributed by atoms with E-state index in [-0.39, 0.29) is 11.3 Å². The van der Waals surface area contributed by atoms with Gasteiger partial charge in [0.15, 0.2) is 5.54 Å². The van der Waals surface area contributed by atoms with Crippen LogP contribution in [0.4, 0.5) is 0 Å². The monoisotopic (exact) mass is 340 g/mol. The van der Waals surface area contributed by atoms with Crippen LogP contribution in [0.5, 0.6) is 0 Å². The van der Waals surface area contributed by atoms with Crippen LogP contribution in [0.1, 0.15) is 50.4 Å². The lowest BCUT2D eigenvalue weighted by Crippen LogP contribution is -2.30. The maximum Gasteiger partial charge on any atom is 0.335 e. The van der Waals surface area contributed by atoms with Crippen molar-refractivity contribution in [3.05, 3.63) is 63.6 Å². The van der Waals surface area contributed by atoms with E-state index >= 15 is 0 Å². The summed E-state index contributed by atoms with van der Waals surface area (Å²) < 4.78 is 0. The largest absolute Gasteiger partial charge is 0.478 e. The quantitative estimate of drug-likeness (QED) is 0.842. The third-order valence-corrected chi connectivity index (χ3v) is 5.28. The summed E-state index contributed by atoms with van der Waals surface area (Å²) >= 11 is 1.48. The van der Waals surface area contributed by atoms with Gasteiger partial charge in [0.1, 0.15) is 5.01 Å². The smallest absolute Gasteiger partial charge is 0.335 e. The fourth-order valence-electron chi connectivity index (χ4n) is 2.46. The molecule has 0 bridgehead atoms. The number of rotatable bonds is 5. The van der Waals surface area contributed by atoms with Gasteiger partial charge >= 0.3 is 5.97 Å². The molecule has 0 radical (unpaired) electrons. The van der Waals surface area contributed by atoms with E-state index in [0.29, 0.717) is 16.5 Å². The number of hydrogen-bond acceptors (Lipinski definition) is 5. The molecule has 2 aromatic rings. The van der Waals surface area contributed by atoms with Gasteiger partial charge < -0.3 is 5.11 Å². The molecule has 1 atom stereocenters. The van der Waals surface area contributed by atoms with Crippen LogP contribution in [0.3, 0.4) is 0 Å². The minimum atomic E-state index is -1.15. The molecular formula is C18H16N2O3S. The Labute approximate surface area is 143 Å². The van der Waals surface area contributed by atoms with Crippen molar-refractivity contribution in [2.45, 2.75) is 25.3 Å². The third kappa shape index (κ3) is 2.69. The number of Topliss-reactive ketones (excluding diaryl/α,β-unsaturated/α-hetero) is 1. The van der Waals surface area contributed by atoms with E-state index in [1.54, 1.807) is 24.6 Å². The predicted octanol–water partition coefficient (Wildman–Crippen LogP) is 3.68. The van der Waals surface area contributed by atoms with Gasteiger partial charge in [0.05, 0.1) is 5.56 Å². The summed E-state index contributed by atoms with van der Waals surface area (Å²) in [5.74, 6) is -0.911. The fourth-order valence-corrected chi connectivity index (χ4v) is 3.50. The zero-order chi connectivity index (χ0) is 17.3. The standard InChI is InChI=1S/C18H16N2O3S/c1-11(2)14-10-19-17(24-14)18(8-3-9-20-18)15(21)12-4-6-13(7-5-12)16(22)23/h3-11H,1-2H3,(H,22,23). The Kier molecular flexibility index (Phi) is 4.15. The number of carbonyl (C=O) groups is 2. The Morgan fingerprint density at radius 3 is 2.33 bits per heavy atom. The Hall–Kier alpha value is -2.60. The number of ketones is 1. The van der Waals surface area contributed by atoms with Crippen molar-refractivity contribution in [2.75, 3.05) is 0 Å². The first-order chi connectivity index (χ1) is 11.4. The average molecular weight is 340 g/mol. The highest BCUT2D eigenvalue weighted by Gasteiger charge is 2.42. The number of aliphatic imine (C=N–C) groups is 1. The van der Waals surface area contributed by atoms with Crippen molar-refractivity contribution in [1.82, 2.24) is 4.98 Å². The molecule has 1 aromatic heterocycles. The summed E-state index contributed by atoms with van der Waals surface area (Å²) in [6, 6.07) is 5.89. The molecule has 0 saturated heterocycles. The number of benzene rings is 1. The molecule has 0 amide bonds. The average Bonchev–Trinajstić information content (AvgIpc) is 3.24. The van der Waals surface area contributed by atoms with Crippen LogP contribution in [0.2, 0.25) is 0 Å². The first kappa shape index (κ1) is 16.3. The molecule has 2 heterocycles. The number of aromatic carboxylic acids is 1. The molecule has 5 nitrogen and oxygen atoms in total. The summed E-state index contributed by atoms with van der Waals surface area (Å²) in [6.07, 6.45) is 6.86. The number of carboxylic acids is 1. The molecule has 0 aliphatic carbocycles. The van der Waals surface area contributed by atoms with Gasteiger partial charge in [-0.3, -0.25) is 9.79 Å². The number of aromatic nitrogens is 1. The SMILES string of the molecule is CC(C)c1cnc(C2(C(=O)c3ccc(C(=O)O)cc3)C=CC=N2)s1. The van der Waals surface area contributed by atoms with E-state index < -0.39 is 11.5 Å². The molecule has 0 spiro atoms. The van der Waals surface area contributed by atoms with E-state index in [1.807, 2.05) is 0 Å². The van der Waals surface area contributed by atoms with Crippen molar-refractivity contribution < 1.29 is 14.7 Å². The Morgan fingerprint density at radius 2 is 1.83 bits per heavy atom. The number of nitrogens with zero attached hydrogens (tertiary/aromatic N) is 2. The van der Waals surface area contributed by atoms with Gasteiger partial charge in [-0.25, -0.2) is 9.78 Å². The summed E-state index contributed by atoms with van der Waals surface area (Å²) in [5, 5.41) is 9.61. The van der Waals surface area contributed by atoms with Crippen molar-refractivity contribution in [3.63, 3.8) is 0 Å². The lowest BCUT2D eigenvalue weighted by atomic mass is 9.90. The van der Waals surface area contributed by atoms with Crippen LogP contribution < -0.4 is 0 Å². The summed E-state index contributed by atoms with van der Waals surface area (Å²) in [5.41, 5.74) is -0.602. The second-order valence-electron chi connectivity index (χ2n) is 5.84. The van der Waals surface area contributed by atoms with Gasteiger partial charge in [-0.15, -0.1) is 11.3 Å². The van der Waals surface area contributed by atoms with E-state index in [4.69, 9.17) is 5.11 Å². The number of thiazole rings is 1. The minimum absolute atomic E-state index is 0.141. The number of carbonyl (C=O) groups excluding carboxylic acids is 1. The lowest BCUT2D eigenvalue weighted by Gasteiger charge is -2.20. The Morgan fingerprint density at radius 1 is 1.17 bits per heavy atom. The Bertz CT molecular complexity index is 835. The van der Waals surface area contributed by atoms with Crippen molar-refractivity contribution in [1.29, 1.82) is 0 Å². The molecule has 1 unspecified atom stereocenters. The van der Waals surface area contributed by atoms with Crippen LogP contribution >= 0.6 is 11.3 Å². The first-order valence-corrected chi connectivity index (χ1v) is 8.33. The third-order valence-electron chi connectivity index (χ3n) is 3.86. The highest BCUT2D eigenvalue weighted by Crippen LogP contribution is 2.38. The lowest BCUT2D eigenvalue weighted by molar-refractivity contribution is 0.0696. The van der Waals surface area contributed by atoms with Crippen LogP contribution in [-0.4, -0.2) is 28.1 Å². The molecule has 1 aromatic carbocycles. The maximum absolute atomic E-state index is 13.1. The molecule has 1 N–H and O–H groups in total.